The maximum atomic E-state index is 12.0. The molecule has 1 aliphatic carbocycles. The monoisotopic (exact) mass is 286 g/mol. The van der Waals surface area contributed by atoms with Gasteiger partial charge < -0.3 is 15.2 Å². The number of rotatable bonds is 7. The molecule has 0 aromatic carbocycles. The number of hydrogen-bond donors (Lipinski definition) is 2. The number of carbonyl (C=O) groups excluding carboxylic acids is 1. The van der Waals surface area contributed by atoms with E-state index in [0.29, 0.717) is 25.7 Å². The molecule has 2 N–H and O–H groups in total. The van der Waals surface area contributed by atoms with Gasteiger partial charge in [0.15, 0.2) is 0 Å². The molecule has 1 atom stereocenters. The summed E-state index contributed by atoms with van der Waals surface area (Å²) in [6.07, 6.45) is 8.00. The number of methoxy groups -OCH3 is 1. The van der Waals surface area contributed by atoms with Crippen LogP contribution in [-0.4, -0.2) is 61.9 Å². The van der Waals surface area contributed by atoms with Gasteiger partial charge in [0, 0.05) is 19.7 Å². The first-order valence-electron chi connectivity index (χ1n) is 7.76. The van der Waals surface area contributed by atoms with Crippen molar-refractivity contribution >= 4 is 5.91 Å². The second-order valence-corrected chi connectivity index (χ2v) is 5.92. The molecule has 1 aliphatic rings. The van der Waals surface area contributed by atoms with E-state index in [0.717, 1.165) is 12.8 Å². The molecule has 20 heavy (non-hydrogen) atoms. The van der Waals surface area contributed by atoms with Crippen molar-refractivity contribution in [2.24, 2.45) is 0 Å². The van der Waals surface area contributed by atoms with Gasteiger partial charge in [-0.2, -0.15) is 0 Å². The predicted octanol–water partition coefficient (Wildman–Crippen LogP) is 1.15. The summed E-state index contributed by atoms with van der Waals surface area (Å²) < 4.78 is 4.88. The maximum Gasteiger partial charge on any atom is 0.234 e. The minimum absolute atomic E-state index is 0.0580. The summed E-state index contributed by atoms with van der Waals surface area (Å²) in [6, 6.07) is 0.333. The van der Waals surface area contributed by atoms with Gasteiger partial charge in [0.2, 0.25) is 5.91 Å². The van der Waals surface area contributed by atoms with E-state index >= 15 is 0 Å². The van der Waals surface area contributed by atoms with Crippen LogP contribution >= 0.6 is 0 Å². The molecular formula is C15H30N2O3. The first kappa shape index (κ1) is 17.4. The first-order chi connectivity index (χ1) is 9.61. The van der Waals surface area contributed by atoms with Crippen molar-refractivity contribution in [1.82, 2.24) is 10.2 Å². The van der Waals surface area contributed by atoms with E-state index < -0.39 is 6.10 Å². The lowest BCUT2D eigenvalue weighted by Gasteiger charge is -2.24. The highest BCUT2D eigenvalue weighted by Crippen LogP contribution is 2.16. The molecule has 118 valence electrons. The third-order valence-electron chi connectivity index (χ3n) is 3.77. The van der Waals surface area contributed by atoms with E-state index in [-0.39, 0.29) is 5.91 Å². The Bertz CT molecular complexity index is 266. The van der Waals surface area contributed by atoms with Crippen LogP contribution in [0.1, 0.15) is 44.9 Å². The van der Waals surface area contributed by atoms with Gasteiger partial charge in [0.25, 0.3) is 0 Å². The number of aliphatic hydroxyl groups excluding tert-OH is 1. The van der Waals surface area contributed by atoms with Crippen LogP contribution in [0, 0.1) is 0 Å². The van der Waals surface area contributed by atoms with Gasteiger partial charge in [-0.05, 0) is 19.9 Å². The zero-order valence-corrected chi connectivity index (χ0v) is 12.9. The van der Waals surface area contributed by atoms with E-state index in [4.69, 9.17) is 4.74 Å². The van der Waals surface area contributed by atoms with Gasteiger partial charge in [0.05, 0.1) is 19.3 Å². The summed E-state index contributed by atoms with van der Waals surface area (Å²) >= 11 is 0. The third-order valence-corrected chi connectivity index (χ3v) is 3.77. The van der Waals surface area contributed by atoms with Gasteiger partial charge in [0.1, 0.15) is 0 Å². The number of hydrogen-bond acceptors (Lipinski definition) is 4. The molecule has 1 fully saturated rings. The highest BCUT2D eigenvalue weighted by atomic mass is 16.5. The van der Waals surface area contributed by atoms with E-state index in [9.17, 15) is 9.90 Å². The van der Waals surface area contributed by atoms with E-state index in [1.54, 1.807) is 7.11 Å². The second-order valence-electron chi connectivity index (χ2n) is 5.92. The molecule has 0 spiro atoms. The van der Waals surface area contributed by atoms with Gasteiger partial charge in [-0.1, -0.05) is 32.1 Å². The summed E-state index contributed by atoms with van der Waals surface area (Å²) in [7, 11) is 3.40. The first-order valence-corrected chi connectivity index (χ1v) is 7.76. The van der Waals surface area contributed by atoms with E-state index in [2.05, 4.69) is 5.32 Å². The normalized spacial score (nSPS) is 19.4. The van der Waals surface area contributed by atoms with E-state index in [1.807, 2.05) is 11.9 Å². The molecule has 5 heteroatoms. The Morgan fingerprint density at radius 1 is 1.30 bits per heavy atom. The molecule has 1 amide bonds. The highest BCUT2D eigenvalue weighted by Gasteiger charge is 2.16. The zero-order chi connectivity index (χ0) is 14.8. The van der Waals surface area contributed by atoms with Crippen molar-refractivity contribution in [3.63, 3.8) is 0 Å². The van der Waals surface area contributed by atoms with Gasteiger partial charge in [-0.25, -0.2) is 0 Å². The number of carbonyl (C=O) groups is 1. The van der Waals surface area contributed by atoms with Crippen LogP contribution in [0.4, 0.5) is 0 Å². The smallest absolute Gasteiger partial charge is 0.234 e. The van der Waals surface area contributed by atoms with Crippen molar-refractivity contribution < 1.29 is 14.6 Å². The largest absolute Gasteiger partial charge is 0.389 e. The van der Waals surface area contributed by atoms with Crippen LogP contribution in [0.3, 0.4) is 0 Å². The summed E-state index contributed by atoms with van der Waals surface area (Å²) in [5.74, 6) is 0.0580. The highest BCUT2D eigenvalue weighted by molar-refractivity contribution is 5.78. The lowest BCUT2D eigenvalue weighted by atomic mass is 9.97. The van der Waals surface area contributed by atoms with Crippen LogP contribution in [0.5, 0.6) is 0 Å². The number of nitrogens with one attached hydrogen (secondary N) is 1. The van der Waals surface area contributed by atoms with Crippen LogP contribution in [0.25, 0.3) is 0 Å². The minimum Gasteiger partial charge on any atom is -0.389 e. The standard InChI is InChI=1S/C15H30N2O3/c1-17(10-14(18)12-20-2)11-15(19)16-13-8-6-4-3-5-7-9-13/h13-14,18H,3-12H2,1-2H3,(H,16,19)/t14-/m0/s1. The zero-order valence-electron chi connectivity index (χ0n) is 12.9. The van der Waals surface area contributed by atoms with Crippen LogP contribution in [0.2, 0.25) is 0 Å². The van der Waals surface area contributed by atoms with Crippen molar-refractivity contribution in [3.8, 4) is 0 Å². The Kier molecular flexibility index (Phi) is 8.82. The lowest BCUT2D eigenvalue weighted by Crippen LogP contribution is -2.43. The molecule has 0 heterocycles. The number of aliphatic hydroxyl groups is 1. The summed E-state index contributed by atoms with van der Waals surface area (Å²) in [5, 5.41) is 12.8. The summed E-state index contributed by atoms with van der Waals surface area (Å²) in [6.45, 7) is 1.08. The average Bonchev–Trinajstić information content (AvgIpc) is 2.32. The molecule has 0 aromatic heterocycles. The van der Waals surface area contributed by atoms with Crippen LogP contribution in [0.15, 0.2) is 0 Å². The Labute approximate surface area is 122 Å². The van der Waals surface area contributed by atoms with E-state index in [1.165, 1.54) is 32.1 Å². The molecule has 0 radical (unpaired) electrons. The fraction of sp³-hybridized carbons (Fsp3) is 0.933. The Hall–Kier alpha value is -0.650. The van der Waals surface area contributed by atoms with Crippen molar-refractivity contribution in [3.05, 3.63) is 0 Å². The van der Waals surface area contributed by atoms with Gasteiger partial charge in [-0.15, -0.1) is 0 Å². The molecule has 1 rings (SSSR count). The molecule has 0 unspecified atom stereocenters. The fourth-order valence-electron chi connectivity index (χ4n) is 2.79. The minimum atomic E-state index is -0.542. The van der Waals surface area contributed by atoms with Crippen LogP contribution < -0.4 is 5.32 Å². The molecule has 0 saturated heterocycles. The lowest BCUT2D eigenvalue weighted by molar-refractivity contribution is -0.123. The number of likely N-dealkylation sites (N-methyl/N-ethyl adjacent to an activating group) is 1. The SMILES string of the molecule is COC[C@@H](O)CN(C)CC(=O)NC1CCCCCCC1. The third kappa shape index (κ3) is 7.82. The quantitative estimate of drug-likeness (QED) is 0.737. The fourth-order valence-corrected chi connectivity index (χ4v) is 2.79. The molecule has 0 bridgehead atoms. The molecule has 0 aliphatic heterocycles. The topological polar surface area (TPSA) is 61.8 Å². The summed E-state index contributed by atoms with van der Waals surface area (Å²) in [4.78, 5) is 13.8. The van der Waals surface area contributed by atoms with Crippen molar-refractivity contribution in [1.29, 1.82) is 0 Å². The Morgan fingerprint density at radius 3 is 2.50 bits per heavy atom. The number of amides is 1. The van der Waals surface area contributed by atoms with Gasteiger partial charge >= 0.3 is 0 Å². The maximum absolute atomic E-state index is 12.0. The molecule has 1 saturated carbocycles. The number of nitrogens with zero attached hydrogens (tertiary/aromatic N) is 1. The predicted molar refractivity (Wildman–Crippen MR) is 79.6 cm³/mol. The summed E-state index contributed by atoms with van der Waals surface area (Å²) in [5.41, 5.74) is 0. The van der Waals surface area contributed by atoms with Crippen molar-refractivity contribution in [2.75, 3.05) is 33.9 Å². The molecule has 5 nitrogen and oxygen atoms in total. The Balaban J connectivity index is 2.23. The molecule has 0 aromatic rings. The number of ether oxygens (including phenoxy) is 1. The van der Waals surface area contributed by atoms with Crippen molar-refractivity contribution in [2.45, 2.75) is 57.1 Å². The average molecular weight is 286 g/mol. The Morgan fingerprint density at radius 2 is 1.90 bits per heavy atom. The molecular weight excluding hydrogens is 256 g/mol. The van der Waals surface area contributed by atoms with Crippen LogP contribution in [-0.2, 0) is 9.53 Å². The van der Waals surface area contributed by atoms with Gasteiger partial charge in [-0.3, -0.25) is 9.69 Å². The second kappa shape index (κ2) is 10.1.